The van der Waals surface area contributed by atoms with Crippen molar-refractivity contribution in [3.63, 3.8) is 0 Å². The van der Waals surface area contributed by atoms with Crippen LogP contribution in [0.25, 0.3) is 11.2 Å². The summed E-state index contributed by atoms with van der Waals surface area (Å²) in [5.41, 5.74) is 6.36. The van der Waals surface area contributed by atoms with Crippen LogP contribution in [0.2, 0.25) is 0 Å². The van der Waals surface area contributed by atoms with Crippen LogP contribution in [0.5, 0.6) is 11.6 Å². The normalized spacial score (nSPS) is 23.4. The van der Waals surface area contributed by atoms with Gasteiger partial charge in [-0.3, -0.25) is 8.96 Å². The Morgan fingerprint density at radius 1 is 1.31 bits per heavy atom. The maximum Gasteiger partial charge on any atom is 0.750 e. The molecule has 2 aromatic heterocycles. The van der Waals surface area contributed by atoms with Crippen molar-refractivity contribution in [1.82, 2.24) is 19.5 Å². The Bertz CT molecular complexity index is 1090. The molecular weight excluding hydrogens is 444 g/mol. The van der Waals surface area contributed by atoms with E-state index < -0.39 is 39.3 Å². The van der Waals surface area contributed by atoms with Gasteiger partial charge in [0, 0.05) is 10.5 Å². The van der Waals surface area contributed by atoms with E-state index in [9.17, 15) is 14.1 Å². The second kappa shape index (κ2) is 9.70. The number of rotatable bonds is 9. The Labute approximate surface area is 183 Å². The predicted octanol–water partition coefficient (Wildman–Crippen LogP) is 2.40. The molecule has 4 rings (SSSR count). The first kappa shape index (κ1) is 22.3. The molecule has 3 heterocycles. The summed E-state index contributed by atoms with van der Waals surface area (Å²) in [4.78, 5) is 12.4. The molecule has 11 nitrogen and oxygen atoms in total. The largest absolute Gasteiger partial charge is 0.750 e. The predicted molar refractivity (Wildman–Crippen MR) is 111 cm³/mol. The number of aliphatic hydroxyl groups excluding tert-OH is 1. The fourth-order valence-corrected chi connectivity index (χ4v) is 4.05. The van der Waals surface area contributed by atoms with Gasteiger partial charge in [0.1, 0.15) is 12.7 Å². The van der Waals surface area contributed by atoms with Crippen molar-refractivity contribution < 1.29 is 32.6 Å². The van der Waals surface area contributed by atoms with Crippen molar-refractivity contribution >= 4 is 25.4 Å². The molecule has 32 heavy (non-hydrogen) atoms. The molecule has 0 aliphatic carbocycles. The summed E-state index contributed by atoms with van der Waals surface area (Å²) in [5.74, 6) is -0.415. The Morgan fingerprint density at radius 3 is 2.81 bits per heavy atom. The van der Waals surface area contributed by atoms with E-state index >= 15 is 0 Å². The molecule has 1 unspecified atom stereocenters. The summed E-state index contributed by atoms with van der Waals surface area (Å²) in [6, 6.07) is 8.49. The Morgan fingerprint density at radius 2 is 2.09 bits per heavy atom. The van der Waals surface area contributed by atoms with Crippen molar-refractivity contribution in [2.45, 2.75) is 25.4 Å². The molecule has 1 aromatic carbocycles. The van der Waals surface area contributed by atoms with Gasteiger partial charge in [-0.25, -0.2) is 9.51 Å². The first-order valence-corrected chi connectivity index (χ1v) is 11.0. The van der Waals surface area contributed by atoms with Gasteiger partial charge >= 0.3 is 8.25 Å². The number of anilines is 1. The number of nitrogen functional groups attached to an aromatic ring is 1. The zero-order chi connectivity index (χ0) is 22.7. The van der Waals surface area contributed by atoms with Gasteiger partial charge in [-0.05, 0) is 19.1 Å². The molecule has 3 aromatic rings. The average Bonchev–Trinajstić information content (AvgIpc) is 3.33. The van der Waals surface area contributed by atoms with Gasteiger partial charge in [0.2, 0.25) is 11.8 Å². The van der Waals surface area contributed by atoms with Crippen LogP contribution in [-0.4, -0.2) is 56.7 Å². The maximum absolute atomic E-state index is 13.7. The molecule has 5 atom stereocenters. The summed E-state index contributed by atoms with van der Waals surface area (Å²) in [6.07, 6.45) is -1.77. The smallest absolute Gasteiger partial charge is 0.476 e. The lowest BCUT2D eigenvalue weighted by Gasteiger charge is -2.17. The highest BCUT2D eigenvalue weighted by atomic mass is 31.1. The quantitative estimate of drug-likeness (QED) is 0.451. The SMILES string of the molecule is CCOc1nc(N)nc2c1ncn2[C@@H]1O[C@H](CO[P+](=O)Oc2ccccc2)[C@@H](CF)[C@H]1O. The molecule has 3 N–H and O–H groups in total. The van der Waals surface area contributed by atoms with Crippen molar-refractivity contribution in [2.24, 2.45) is 5.92 Å². The van der Waals surface area contributed by atoms with Gasteiger partial charge in [-0.15, -0.1) is 4.52 Å². The molecule has 1 aliphatic rings. The lowest BCUT2D eigenvalue weighted by Crippen LogP contribution is -2.30. The van der Waals surface area contributed by atoms with Crippen molar-refractivity contribution in [3.05, 3.63) is 36.7 Å². The number of hydrogen-bond donors (Lipinski definition) is 2. The van der Waals surface area contributed by atoms with Gasteiger partial charge in [-0.2, -0.15) is 9.97 Å². The third kappa shape index (κ3) is 4.49. The zero-order valence-corrected chi connectivity index (χ0v) is 18.0. The van der Waals surface area contributed by atoms with E-state index in [1.807, 2.05) is 0 Å². The summed E-state index contributed by atoms with van der Waals surface area (Å²) >= 11 is 0. The van der Waals surface area contributed by atoms with Crippen molar-refractivity contribution in [1.29, 1.82) is 0 Å². The number of halogens is 1. The van der Waals surface area contributed by atoms with E-state index in [0.717, 1.165) is 0 Å². The highest BCUT2D eigenvalue weighted by Crippen LogP contribution is 2.38. The molecule has 1 saturated heterocycles. The van der Waals surface area contributed by atoms with Crippen LogP contribution in [0.3, 0.4) is 0 Å². The Kier molecular flexibility index (Phi) is 6.75. The highest BCUT2D eigenvalue weighted by Gasteiger charge is 2.47. The second-order valence-electron chi connectivity index (χ2n) is 6.94. The molecule has 1 fully saturated rings. The summed E-state index contributed by atoms with van der Waals surface area (Å²) in [6.45, 7) is 0.995. The van der Waals surface area contributed by atoms with E-state index in [0.29, 0.717) is 17.9 Å². The number of aliphatic hydroxyl groups is 1. The summed E-state index contributed by atoms with van der Waals surface area (Å²) in [5, 5.41) is 10.7. The standard InChI is InChI=1S/C19H22FN5O6P/c1-2-28-17-14-16(23-19(21)24-17)25(10-22-14)18-15(26)12(8-20)13(30-18)9-29-32(27)31-11-6-4-3-5-7-11/h3-7,10,12-13,15,18,26H,2,8-9H2,1H3,(H2,21,23,24)/q+1/t12-,13-,15-,18-/m1/s1. The molecule has 0 bridgehead atoms. The Hall–Kier alpha value is -2.92. The lowest BCUT2D eigenvalue weighted by molar-refractivity contribution is -0.0463. The molecule has 170 valence electrons. The van der Waals surface area contributed by atoms with Crippen LogP contribution in [0.15, 0.2) is 36.7 Å². The number of benzene rings is 1. The zero-order valence-electron chi connectivity index (χ0n) is 17.1. The highest BCUT2D eigenvalue weighted by molar-refractivity contribution is 7.33. The second-order valence-corrected chi connectivity index (χ2v) is 7.83. The van der Waals surface area contributed by atoms with Crippen molar-refractivity contribution in [3.8, 4) is 11.6 Å². The molecule has 0 spiro atoms. The van der Waals surface area contributed by atoms with Gasteiger partial charge in [0.15, 0.2) is 23.1 Å². The molecule has 1 aliphatic heterocycles. The van der Waals surface area contributed by atoms with Gasteiger partial charge in [0.25, 0.3) is 0 Å². The number of fused-ring (bicyclic) bond motifs is 1. The number of imidazole rings is 1. The number of hydrogen-bond acceptors (Lipinski definition) is 10. The first-order chi connectivity index (χ1) is 15.5. The van der Waals surface area contributed by atoms with Gasteiger partial charge < -0.3 is 20.3 Å². The number of alkyl halides is 1. The van der Waals surface area contributed by atoms with E-state index in [4.69, 9.17) is 24.3 Å². The molecule has 0 saturated carbocycles. The fraction of sp³-hybridized carbons (Fsp3) is 0.421. The van der Waals surface area contributed by atoms with E-state index in [1.54, 1.807) is 37.3 Å². The summed E-state index contributed by atoms with van der Waals surface area (Å²) < 4.78 is 49.0. The minimum absolute atomic E-state index is 0.0489. The van der Waals surface area contributed by atoms with Crippen LogP contribution in [0, 0.1) is 5.92 Å². The van der Waals surface area contributed by atoms with Crippen LogP contribution >= 0.6 is 8.25 Å². The van der Waals surface area contributed by atoms with Gasteiger partial charge in [-0.1, -0.05) is 18.2 Å². The van der Waals surface area contributed by atoms with E-state index in [1.165, 1.54) is 10.9 Å². The molecule has 0 radical (unpaired) electrons. The van der Waals surface area contributed by atoms with Crippen LogP contribution < -0.4 is 15.0 Å². The number of nitrogens with zero attached hydrogens (tertiary/aromatic N) is 4. The first-order valence-electron chi connectivity index (χ1n) is 9.87. The average molecular weight is 466 g/mol. The van der Waals surface area contributed by atoms with Gasteiger partial charge in [0.05, 0.1) is 25.7 Å². The Balaban J connectivity index is 1.50. The van der Waals surface area contributed by atoms with Crippen LogP contribution in [0.1, 0.15) is 13.2 Å². The molecule has 13 heteroatoms. The topological polar surface area (TPSA) is 144 Å². The minimum atomic E-state index is -2.52. The third-order valence-electron chi connectivity index (χ3n) is 4.93. The molecular formula is C19H22FN5O6P+. The monoisotopic (exact) mass is 466 g/mol. The molecule has 0 amide bonds. The summed E-state index contributed by atoms with van der Waals surface area (Å²) in [7, 11) is -2.52. The van der Waals surface area contributed by atoms with Crippen molar-refractivity contribution in [2.75, 3.05) is 25.6 Å². The number of aromatic nitrogens is 4. The lowest BCUT2D eigenvalue weighted by atomic mass is 10.00. The minimum Gasteiger partial charge on any atom is -0.476 e. The van der Waals surface area contributed by atoms with Crippen LogP contribution in [0.4, 0.5) is 10.3 Å². The number of ether oxygens (including phenoxy) is 2. The van der Waals surface area contributed by atoms with E-state index in [-0.39, 0.29) is 24.1 Å². The van der Waals surface area contributed by atoms with Crippen LogP contribution in [-0.2, 0) is 13.8 Å². The number of nitrogens with two attached hydrogens (primary N) is 1. The third-order valence-corrected chi connectivity index (χ3v) is 5.65. The van der Waals surface area contributed by atoms with E-state index in [2.05, 4.69) is 15.0 Å². The maximum atomic E-state index is 13.7. The fourth-order valence-electron chi connectivity index (χ4n) is 3.43. The number of para-hydroxylation sites is 1.